The largest absolute Gasteiger partial charge is 0.487 e. The third kappa shape index (κ3) is 4.78. The number of pyridine rings is 1. The van der Waals surface area contributed by atoms with Crippen LogP contribution in [0.2, 0.25) is 0 Å². The van der Waals surface area contributed by atoms with Crippen molar-refractivity contribution in [3.8, 4) is 5.75 Å². The Morgan fingerprint density at radius 2 is 1.90 bits per heavy atom. The van der Waals surface area contributed by atoms with Crippen LogP contribution in [0.4, 0.5) is 11.4 Å². The van der Waals surface area contributed by atoms with Crippen LogP contribution in [-0.4, -0.2) is 28.4 Å². The summed E-state index contributed by atoms with van der Waals surface area (Å²) in [5, 5.41) is 2.96. The molecule has 0 saturated heterocycles. The molecule has 0 fully saturated rings. The first-order chi connectivity index (χ1) is 14.7. The first kappa shape index (κ1) is 19.5. The van der Waals surface area contributed by atoms with Crippen molar-refractivity contribution in [1.82, 2.24) is 9.38 Å². The van der Waals surface area contributed by atoms with Gasteiger partial charge in [-0.1, -0.05) is 30.3 Å². The maximum absolute atomic E-state index is 12.5. The number of carbonyl (C=O) groups is 1. The summed E-state index contributed by atoms with van der Waals surface area (Å²) in [4.78, 5) is 19.1. The van der Waals surface area contributed by atoms with Crippen LogP contribution in [-0.2, 0) is 11.4 Å². The number of nitrogens with zero attached hydrogens (tertiary/aromatic N) is 3. The van der Waals surface area contributed by atoms with Gasteiger partial charge in [-0.15, -0.1) is 0 Å². The third-order valence-electron chi connectivity index (χ3n) is 4.76. The van der Waals surface area contributed by atoms with E-state index in [1.165, 1.54) is 0 Å². The van der Waals surface area contributed by atoms with E-state index in [1.807, 2.05) is 101 Å². The normalized spacial score (nSPS) is 10.7. The molecule has 0 spiro atoms. The number of imidazole rings is 1. The van der Waals surface area contributed by atoms with Crippen LogP contribution in [0.5, 0.6) is 5.75 Å². The molecule has 1 N–H and O–H groups in total. The molecule has 2 aromatic carbocycles. The van der Waals surface area contributed by atoms with Crippen LogP contribution in [0.15, 0.2) is 85.2 Å². The Morgan fingerprint density at radius 3 is 2.70 bits per heavy atom. The average molecular weight is 400 g/mol. The maximum atomic E-state index is 12.5. The number of carbonyl (C=O) groups excluding carboxylic acids is 1. The number of likely N-dealkylation sites (N-methyl/N-ethyl adjacent to an activating group) is 1. The standard InChI is InChI=1S/C24H24N4O2/c1-2-27(21-10-4-3-5-11-21)17-24(29)26-19-9-8-12-22(15-19)30-18-20-16-28-14-7-6-13-23(28)25-20/h3-16H,2,17-18H2,1H3,(H,26,29). The van der Waals surface area contributed by atoms with Crippen molar-refractivity contribution in [1.29, 1.82) is 0 Å². The Balaban J connectivity index is 1.36. The summed E-state index contributed by atoms with van der Waals surface area (Å²) in [6.07, 6.45) is 3.90. The molecular weight excluding hydrogens is 376 g/mol. The lowest BCUT2D eigenvalue weighted by atomic mass is 10.2. The minimum atomic E-state index is -0.0711. The van der Waals surface area contributed by atoms with Gasteiger partial charge in [-0.2, -0.15) is 0 Å². The lowest BCUT2D eigenvalue weighted by Crippen LogP contribution is -2.33. The fourth-order valence-electron chi connectivity index (χ4n) is 3.28. The lowest BCUT2D eigenvalue weighted by Gasteiger charge is -2.22. The molecule has 30 heavy (non-hydrogen) atoms. The smallest absolute Gasteiger partial charge is 0.243 e. The first-order valence-electron chi connectivity index (χ1n) is 9.96. The molecule has 0 bridgehead atoms. The van der Waals surface area contributed by atoms with Crippen LogP contribution in [0.3, 0.4) is 0 Å². The van der Waals surface area contributed by atoms with Gasteiger partial charge < -0.3 is 19.4 Å². The van der Waals surface area contributed by atoms with E-state index >= 15 is 0 Å². The highest BCUT2D eigenvalue weighted by atomic mass is 16.5. The quantitative estimate of drug-likeness (QED) is 0.477. The second-order valence-corrected chi connectivity index (χ2v) is 6.91. The highest BCUT2D eigenvalue weighted by Crippen LogP contribution is 2.19. The van der Waals surface area contributed by atoms with Crippen molar-refractivity contribution in [3.05, 3.63) is 90.9 Å². The zero-order chi connectivity index (χ0) is 20.8. The molecule has 2 heterocycles. The molecule has 0 atom stereocenters. The molecule has 0 radical (unpaired) electrons. The van der Waals surface area contributed by atoms with Gasteiger partial charge in [0.05, 0.1) is 12.2 Å². The maximum Gasteiger partial charge on any atom is 0.243 e. The van der Waals surface area contributed by atoms with Crippen molar-refractivity contribution < 1.29 is 9.53 Å². The summed E-state index contributed by atoms with van der Waals surface area (Å²) in [7, 11) is 0. The molecule has 0 aliphatic rings. The van der Waals surface area contributed by atoms with Gasteiger partial charge in [-0.3, -0.25) is 4.79 Å². The first-order valence-corrected chi connectivity index (χ1v) is 9.96. The van der Waals surface area contributed by atoms with Gasteiger partial charge in [0.1, 0.15) is 18.0 Å². The molecule has 152 valence electrons. The Labute approximate surface area is 175 Å². The Morgan fingerprint density at radius 1 is 1.07 bits per heavy atom. The topological polar surface area (TPSA) is 58.9 Å². The number of hydrogen-bond acceptors (Lipinski definition) is 4. The molecule has 0 aliphatic heterocycles. The van der Waals surface area contributed by atoms with E-state index in [-0.39, 0.29) is 12.5 Å². The molecule has 0 unspecified atom stereocenters. The lowest BCUT2D eigenvalue weighted by molar-refractivity contribution is -0.115. The molecule has 4 rings (SSSR count). The summed E-state index contributed by atoms with van der Waals surface area (Å²) in [6, 6.07) is 23.2. The average Bonchev–Trinajstić information content (AvgIpc) is 3.20. The summed E-state index contributed by atoms with van der Waals surface area (Å²) < 4.78 is 7.84. The fourth-order valence-corrected chi connectivity index (χ4v) is 3.28. The second kappa shape index (κ2) is 9.13. The number of rotatable bonds is 8. The van der Waals surface area contributed by atoms with Gasteiger partial charge in [0.25, 0.3) is 0 Å². The SMILES string of the molecule is CCN(CC(=O)Nc1cccc(OCc2cn3ccccc3n2)c1)c1ccccc1. The van der Waals surface area contributed by atoms with Crippen molar-refractivity contribution in [2.75, 3.05) is 23.3 Å². The van der Waals surface area contributed by atoms with Gasteiger partial charge in [-0.25, -0.2) is 4.98 Å². The molecule has 1 amide bonds. The number of nitrogens with one attached hydrogen (secondary N) is 1. The monoisotopic (exact) mass is 400 g/mol. The van der Waals surface area contributed by atoms with Crippen LogP contribution in [0, 0.1) is 0 Å². The Hall–Kier alpha value is -3.80. The minimum absolute atomic E-state index is 0.0711. The highest BCUT2D eigenvalue weighted by molar-refractivity contribution is 5.94. The number of amides is 1. The van der Waals surface area contributed by atoms with Crippen molar-refractivity contribution in [2.24, 2.45) is 0 Å². The highest BCUT2D eigenvalue weighted by Gasteiger charge is 2.10. The zero-order valence-corrected chi connectivity index (χ0v) is 16.9. The second-order valence-electron chi connectivity index (χ2n) is 6.91. The molecule has 4 aromatic rings. The summed E-state index contributed by atoms with van der Waals surface area (Å²) >= 11 is 0. The van der Waals surface area contributed by atoms with E-state index in [1.54, 1.807) is 0 Å². The van der Waals surface area contributed by atoms with E-state index in [0.717, 1.165) is 23.6 Å². The Bertz CT molecular complexity index is 1090. The molecule has 2 aromatic heterocycles. The van der Waals surface area contributed by atoms with E-state index in [9.17, 15) is 4.79 Å². The molecular formula is C24H24N4O2. The van der Waals surface area contributed by atoms with E-state index in [4.69, 9.17) is 4.74 Å². The predicted octanol–water partition coefficient (Wildman–Crippen LogP) is 4.38. The van der Waals surface area contributed by atoms with Gasteiger partial charge in [0.15, 0.2) is 0 Å². The van der Waals surface area contributed by atoms with Gasteiger partial charge in [0, 0.05) is 36.4 Å². The van der Waals surface area contributed by atoms with Gasteiger partial charge >= 0.3 is 0 Å². The number of anilines is 2. The molecule has 0 saturated carbocycles. The van der Waals surface area contributed by atoms with Crippen molar-refractivity contribution in [2.45, 2.75) is 13.5 Å². The summed E-state index contributed by atoms with van der Waals surface area (Å²) in [6.45, 7) is 3.43. The van der Waals surface area contributed by atoms with Gasteiger partial charge in [0.2, 0.25) is 5.91 Å². The zero-order valence-electron chi connectivity index (χ0n) is 16.9. The number of ether oxygens (including phenoxy) is 1. The van der Waals surface area contributed by atoms with Crippen molar-refractivity contribution in [3.63, 3.8) is 0 Å². The number of hydrogen-bond donors (Lipinski definition) is 1. The molecule has 0 aliphatic carbocycles. The summed E-state index contributed by atoms with van der Waals surface area (Å²) in [5.41, 5.74) is 3.46. The minimum Gasteiger partial charge on any atom is -0.487 e. The van der Waals surface area contributed by atoms with E-state index in [2.05, 4.69) is 10.3 Å². The third-order valence-corrected chi connectivity index (χ3v) is 4.76. The number of para-hydroxylation sites is 1. The summed E-state index contributed by atoms with van der Waals surface area (Å²) in [5.74, 6) is 0.610. The van der Waals surface area contributed by atoms with Crippen LogP contribution in [0.25, 0.3) is 5.65 Å². The van der Waals surface area contributed by atoms with Crippen LogP contribution < -0.4 is 15.0 Å². The molecule has 6 heteroatoms. The number of benzene rings is 2. The van der Waals surface area contributed by atoms with E-state index < -0.39 is 0 Å². The van der Waals surface area contributed by atoms with E-state index in [0.29, 0.717) is 18.0 Å². The van der Waals surface area contributed by atoms with Crippen LogP contribution >= 0.6 is 0 Å². The number of fused-ring (bicyclic) bond motifs is 1. The molecule has 6 nitrogen and oxygen atoms in total. The fraction of sp³-hybridized carbons (Fsp3) is 0.167. The Kier molecular flexibility index (Phi) is 5.94. The van der Waals surface area contributed by atoms with Crippen molar-refractivity contribution >= 4 is 22.9 Å². The number of aromatic nitrogens is 2. The predicted molar refractivity (Wildman–Crippen MR) is 119 cm³/mol. The van der Waals surface area contributed by atoms with Gasteiger partial charge in [-0.05, 0) is 43.3 Å². The van der Waals surface area contributed by atoms with Crippen LogP contribution in [0.1, 0.15) is 12.6 Å².